The van der Waals surface area contributed by atoms with Crippen LogP contribution in [0.4, 0.5) is 0 Å². The molecule has 1 aliphatic carbocycles. The van der Waals surface area contributed by atoms with E-state index in [9.17, 15) is 13.2 Å². The summed E-state index contributed by atoms with van der Waals surface area (Å²) in [5.41, 5.74) is 0.211. The third-order valence-corrected chi connectivity index (χ3v) is 5.72. The van der Waals surface area contributed by atoms with Gasteiger partial charge >= 0.3 is 0 Å². The monoisotopic (exact) mass is 330 g/mol. The number of halogens is 1. The van der Waals surface area contributed by atoms with E-state index < -0.39 is 10.0 Å². The van der Waals surface area contributed by atoms with E-state index in [1.54, 1.807) is 11.9 Å². The summed E-state index contributed by atoms with van der Waals surface area (Å²) in [5.74, 6) is 0.273. The van der Waals surface area contributed by atoms with E-state index in [0.717, 1.165) is 12.8 Å². The van der Waals surface area contributed by atoms with E-state index in [0.29, 0.717) is 5.92 Å². The van der Waals surface area contributed by atoms with Gasteiger partial charge in [0.2, 0.25) is 10.0 Å². The van der Waals surface area contributed by atoms with Gasteiger partial charge in [-0.3, -0.25) is 4.79 Å². The minimum absolute atomic E-state index is 0.0326. The second-order valence-electron chi connectivity index (χ2n) is 5.34. The predicted molar refractivity (Wildman–Crippen MR) is 82.0 cm³/mol. The van der Waals surface area contributed by atoms with Crippen molar-refractivity contribution in [2.45, 2.75) is 30.7 Å². The molecular weight excluding hydrogens is 312 g/mol. The smallest absolute Gasteiger partial charge is 0.255 e. The number of hydrogen-bond donors (Lipinski definition) is 1. The van der Waals surface area contributed by atoms with Gasteiger partial charge in [-0.25, -0.2) is 13.1 Å². The summed E-state index contributed by atoms with van der Waals surface area (Å²) < 4.78 is 25.9. The van der Waals surface area contributed by atoms with Crippen molar-refractivity contribution in [1.82, 2.24) is 9.62 Å². The second-order valence-corrected chi connectivity index (χ2v) is 7.64. The van der Waals surface area contributed by atoms with Gasteiger partial charge in [-0.1, -0.05) is 11.6 Å². The number of carbonyl (C=O) groups is 1. The normalized spacial score (nSPS) is 16.6. The van der Waals surface area contributed by atoms with Gasteiger partial charge in [0.1, 0.15) is 0 Å². The van der Waals surface area contributed by atoms with Crippen LogP contribution in [0.15, 0.2) is 23.1 Å². The van der Waals surface area contributed by atoms with Crippen LogP contribution in [0.25, 0.3) is 0 Å². The van der Waals surface area contributed by atoms with Crippen molar-refractivity contribution in [3.05, 3.63) is 28.8 Å². The molecule has 0 spiro atoms. The van der Waals surface area contributed by atoms with Gasteiger partial charge in [0, 0.05) is 13.1 Å². The topological polar surface area (TPSA) is 66.5 Å². The van der Waals surface area contributed by atoms with Crippen LogP contribution < -0.4 is 4.72 Å². The molecule has 1 N–H and O–H groups in total. The maximum absolute atomic E-state index is 12.5. The number of rotatable bonds is 5. The van der Waals surface area contributed by atoms with E-state index in [4.69, 9.17) is 11.6 Å². The molecule has 0 radical (unpaired) electrons. The third-order valence-electron chi connectivity index (χ3n) is 3.98. The molecule has 0 saturated heterocycles. The van der Waals surface area contributed by atoms with Crippen LogP contribution in [-0.4, -0.2) is 39.4 Å². The average Bonchev–Trinajstić information content (AvgIpc) is 3.29. The summed E-state index contributed by atoms with van der Waals surface area (Å²) in [4.78, 5) is 14.2. The molecule has 116 valence electrons. The summed E-state index contributed by atoms with van der Waals surface area (Å²) in [5, 5.41) is 0.255. The largest absolute Gasteiger partial charge is 0.339 e. The van der Waals surface area contributed by atoms with Crippen LogP contribution in [0, 0.1) is 5.92 Å². The van der Waals surface area contributed by atoms with E-state index >= 15 is 0 Å². The van der Waals surface area contributed by atoms with E-state index in [-0.39, 0.29) is 27.4 Å². The highest BCUT2D eigenvalue weighted by molar-refractivity contribution is 7.89. The van der Waals surface area contributed by atoms with Crippen molar-refractivity contribution < 1.29 is 13.2 Å². The third kappa shape index (κ3) is 3.39. The Kier molecular flexibility index (Phi) is 4.60. The molecule has 0 heterocycles. The van der Waals surface area contributed by atoms with Crippen LogP contribution in [0.2, 0.25) is 5.02 Å². The lowest BCUT2D eigenvalue weighted by Gasteiger charge is -2.25. The molecule has 1 saturated carbocycles. The standard InChI is InChI=1S/C14H19ClN2O3S/c1-9(10-4-5-10)17(3)14(18)12-8-11(6-7-13(12)15)21(19,20)16-2/h6-10,16H,4-5H2,1-3H3. The SMILES string of the molecule is CNS(=O)(=O)c1ccc(Cl)c(C(=O)N(C)C(C)C2CC2)c1. The van der Waals surface area contributed by atoms with Gasteiger partial charge in [-0.05, 0) is 50.9 Å². The summed E-state index contributed by atoms with van der Waals surface area (Å²) in [6.07, 6.45) is 2.25. The molecular formula is C14H19ClN2O3S. The zero-order chi connectivity index (χ0) is 15.8. The van der Waals surface area contributed by atoms with Crippen molar-refractivity contribution in [3.8, 4) is 0 Å². The molecule has 0 aliphatic heterocycles. The van der Waals surface area contributed by atoms with Crippen molar-refractivity contribution in [1.29, 1.82) is 0 Å². The molecule has 1 atom stereocenters. The lowest BCUT2D eigenvalue weighted by Crippen LogP contribution is -2.36. The highest BCUT2D eigenvalue weighted by Gasteiger charge is 2.33. The molecule has 1 amide bonds. The molecule has 7 heteroatoms. The number of carbonyl (C=O) groups excluding carboxylic acids is 1. The zero-order valence-electron chi connectivity index (χ0n) is 12.3. The maximum Gasteiger partial charge on any atom is 0.255 e. The number of nitrogens with one attached hydrogen (secondary N) is 1. The highest BCUT2D eigenvalue weighted by Crippen LogP contribution is 2.35. The van der Waals surface area contributed by atoms with Gasteiger partial charge < -0.3 is 4.90 Å². The Bertz CT molecular complexity index is 656. The molecule has 1 aromatic rings. The fourth-order valence-corrected chi connectivity index (χ4v) is 3.18. The Morgan fingerprint density at radius 3 is 2.57 bits per heavy atom. The number of hydrogen-bond acceptors (Lipinski definition) is 3. The van der Waals surface area contributed by atoms with Crippen molar-refractivity contribution in [2.75, 3.05) is 14.1 Å². The van der Waals surface area contributed by atoms with Crippen molar-refractivity contribution in [2.24, 2.45) is 5.92 Å². The van der Waals surface area contributed by atoms with Crippen molar-refractivity contribution in [3.63, 3.8) is 0 Å². The minimum atomic E-state index is -3.60. The second kappa shape index (κ2) is 5.94. The molecule has 1 aromatic carbocycles. The lowest BCUT2D eigenvalue weighted by atomic mass is 10.1. The van der Waals surface area contributed by atoms with E-state index in [2.05, 4.69) is 4.72 Å². The van der Waals surface area contributed by atoms with Gasteiger partial charge in [0.05, 0.1) is 15.5 Å². The number of nitrogens with zero attached hydrogens (tertiary/aromatic N) is 1. The summed E-state index contributed by atoms with van der Waals surface area (Å²) >= 11 is 6.07. The van der Waals surface area contributed by atoms with Gasteiger partial charge in [0.15, 0.2) is 0 Å². The Hall–Kier alpha value is -1.11. The van der Waals surface area contributed by atoms with Crippen molar-refractivity contribution >= 4 is 27.5 Å². The van der Waals surface area contributed by atoms with Gasteiger partial charge in [-0.2, -0.15) is 0 Å². The molecule has 1 fully saturated rings. The number of amides is 1. The Morgan fingerprint density at radius 1 is 1.43 bits per heavy atom. The first-order valence-corrected chi connectivity index (χ1v) is 8.64. The zero-order valence-corrected chi connectivity index (χ0v) is 13.8. The predicted octanol–water partition coefficient (Wildman–Crippen LogP) is 2.12. The molecule has 1 aliphatic rings. The summed E-state index contributed by atoms with van der Waals surface area (Å²) in [6.45, 7) is 2.00. The maximum atomic E-state index is 12.5. The molecule has 1 unspecified atom stereocenters. The van der Waals surface area contributed by atoms with Crippen LogP contribution in [0.1, 0.15) is 30.1 Å². The fraction of sp³-hybridized carbons (Fsp3) is 0.500. The van der Waals surface area contributed by atoms with E-state index in [1.807, 2.05) is 6.92 Å². The fourth-order valence-electron chi connectivity index (χ4n) is 2.22. The molecule has 2 rings (SSSR count). The Labute approximate surface area is 130 Å². The number of benzene rings is 1. The molecule has 21 heavy (non-hydrogen) atoms. The van der Waals surface area contributed by atoms with Crippen LogP contribution in [-0.2, 0) is 10.0 Å². The molecule has 5 nitrogen and oxygen atoms in total. The van der Waals surface area contributed by atoms with Crippen LogP contribution in [0.3, 0.4) is 0 Å². The summed E-state index contributed by atoms with van der Waals surface area (Å²) in [7, 11) is -0.551. The Balaban J connectivity index is 2.34. The molecule has 0 aromatic heterocycles. The summed E-state index contributed by atoms with van der Waals surface area (Å²) in [6, 6.07) is 4.27. The van der Waals surface area contributed by atoms with Gasteiger partial charge in [-0.15, -0.1) is 0 Å². The first-order valence-electron chi connectivity index (χ1n) is 6.78. The first kappa shape index (κ1) is 16.3. The molecule has 0 bridgehead atoms. The Morgan fingerprint density at radius 2 is 2.05 bits per heavy atom. The van der Waals surface area contributed by atoms with Gasteiger partial charge in [0.25, 0.3) is 5.91 Å². The quantitative estimate of drug-likeness (QED) is 0.899. The van der Waals surface area contributed by atoms with Crippen LogP contribution in [0.5, 0.6) is 0 Å². The lowest BCUT2D eigenvalue weighted by molar-refractivity contribution is 0.0727. The van der Waals surface area contributed by atoms with Crippen LogP contribution >= 0.6 is 11.6 Å². The highest BCUT2D eigenvalue weighted by atomic mass is 35.5. The minimum Gasteiger partial charge on any atom is -0.339 e. The first-order chi connectivity index (χ1) is 9.77. The average molecular weight is 331 g/mol. The number of sulfonamides is 1. The van der Waals surface area contributed by atoms with E-state index in [1.165, 1.54) is 25.2 Å².